The van der Waals surface area contributed by atoms with Crippen LogP contribution in [0, 0.1) is 0 Å². The minimum absolute atomic E-state index is 0.0521. The zero-order valence-electron chi connectivity index (χ0n) is 12.3. The quantitative estimate of drug-likeness (QED) is 0.906. The Morgan fingerprint density at radius 3 is 2.50 bits per heavy atom. The summed E-state index contributed by atoms with van der Waals surface area (Å²) in [6.07, 6.45) is 4.67. The molecule has 0 aliphatic carbocycles. The number of anilines is 2. The summed E-state index contributed by atoms with van der Waals surface area (Å²) in [7, 11) is 0. The van der Waals surface area contributed by atoms with Crippen LogP contribution >= 0.6 is 15.9 Å². The van der Waals surface area contributed by atoms with Crippen molar-refractivity contribution in [3.8, 4) is 0 Å². The first-order chi connectivity index (χ1) is 10.7. The molecule has 1 aromatic carbocycles. The smallest absolute Gasteiger partial charge is 0.229 e. The van der Waals surface area contributed by atoms with Gasteiger partial charge in [0.2, 0.25) is 5.91 Å². The van der Waals surface area contributed by atoms with Crippen molar-refractivity contribution in [3.63, 3.8) is 0 Å². The lowest BCUT2D eigenvalue weighted by Gasteiger charge is -2.17. The second-order valence-electron chi connectivity index (χ2n) is 5.45. The van der Waals surface area contributed by atoms with Crippen LogP contribution in [0.15, 0.2) is 47.1 Å². The van der Waals surface area contributed by atoms with Crippen LogP contribution in [0.5, 0.6) is 0 Å². The third-order valence-corrected chi connectivity index (χ3v) is 4.29. The molecule has 1 aliphatic rings. The molecule has 1 fully saturated rings. The average molecular weight is 360 g/mol. The van der Waals surface area contributed by atoms with Gasteiger partial charge >= 0.3 is 0 Å². The molecule has 2 aromatic rings. The lowest BCUT2D eigenvalue weighted by Crippen LogP contribution is -2.18. The van der Waals surface area contributed by atoms with Crippen molar-refractivity contribution in [2.45, 2.75) is 19.3 Å². The molecule has 22 heavy (non-hydrogen) atoms. The highest BCUT2D eigenvalue weighted by atomic mass is 79.9. The predicted octanol–water partition coefficient (Wildman–Crippen LogP) is 3.63. The van der Waals surface area contributed by atoms with E-state index in [9.17, 15) is 4.79 Å². The van der Waals surface area contributed by atoms with Gasteiger partial charge in [0.25, 0.3) is 0 Å². The summed E-state index contributed by atoms with van der Waals surface area (Å²) in [6.45, 7) is 2.19. The number of benzene rings is 1. The molecule has 1 aromatic heterocycles. The monoisotopic (exact) mass is 359 g/mol. The van der Waals surface area contributed by atoms with Gasteiger partial charge in [-0.1, -0.05) is 28.1 Å². The highest BCUT2D eigenvalue weighted by molar-refractivity contribution is 9.10. The fourth-order valence-electron chi connectivity index (χ4n) is 2.60. The van der Waals surface area contributed by atoms with Gasteiger partial charge in [-0.3, -0.25) is 4.79 Å². The number of nitrogens with zero attached hydrogens (tertiary/aromatic N) is 2. The van der Waals surface area contributed by atoms with Crippen molar-refractivity contribution < 1.29 is 4.79 Å². The van der Waals surface area contributed by atoms with Crippen LogP contribution in [-0.2, 0) is 11.2 Å². The molecule has 0 spiro atoms. The first-order valence-corrected chi connectivity index (χ1v) is 8.25. The molecule has 4 nitrogen and oxygen atoms in total. The summed E-state index contributed by atoms with van der Waals surface area (Å²) >= 11 is 3.39. The van der Waals surface area contributed by atoms with Crippen molar-refractivity contribution in [3.05, 3.63) is 52.6 Å². The molecule has 3 rings (SSSR count). The van der Waals surface area contributed by atoms with Crippen LogP contribution in [0.3, 0.4) is 0 Å². The maximum Gasteiger partial charge on any atom is 0.229 e. The minimum Gasteiger partial charge on any atom is -0.370 e. The summed E-state index contributed by atoms with van der Waals surface area (Å²) in [6, 6.07) is 11.6. The molecule has 0 saturated carbocycles. The van der Waals surface area contributed by atoms with Gasteiger partial charge < -0.3 is 10.2 Å². The van der Waals surface area contributed by atoms with Gasteiger partial charge in [0.05, 0.1) is 18.3 Å². The highest BCUT2D eigenvalue weighted by Gasteiger charge is 2.12. The Morgan fingerprint density at radius 1 is 1.14 bits per heavy atom. The van der Waals surface area contributed by atoms with Gasteiger partial charge in [-0.05, 0) is 42.7 Å². The maximum absolute atomic E-state index is 12.0. The van der Waals surface area contributed by atoms with Gasteiger partial charge in [0.15, 0.2) is 0 Å². The van der Waals surface area contributed by atoms with Crippen molar-refractivity contribution >= 4 is 33.3 Å². The number of carbonyl (C=O) groups excluding carboxylic acids is 1. The molecule has 0 atom stereocenters. The number of nitrogens with one attached hydrogen (secondary N) is 1. The summed E-state index contributed by atoms with van der Waals surface area (Å²) in [5, 5.41) is 2.84. The van der Waals surface area contributed by atoms with E-state index in [4.69, 9.17) is 0 Å². The van der Waals surface area contributed by atoms with Crippen molar-refractivity contribution in [2.75, 3.05) is 23.3 Å². The SMILES string of the molecule is O=C(Cc1ccc(Br)cc1)Nc1ccc(N2CCCC2)cn1. The average Bonchev–Trinajstić information content (AvgIpc) is 3.05. The number of hydrogen-bond donors (Lipinski definition) is 1. The summed E-state index contributed by atoms with van der Waals surface area (Å²) in [5.41, 5.74) is 2.11. The highest BCUT2D eigenvalue weighted by Crippen LogP contribution is 2.20. The Hall–Kier alpha value is -1.88. The molecule has 0 unspecified atom stereocenters. The first kappa shape index (κ1) is 15.0. The van der Waals surface area contributed by atoms with E-state index in [1.165, 1.54) is 12.8 Å². The Labute approximate surface area is 138 Å². The minimum atomic E-state index is -0.0521. The van der Waals surface area contributed by atoms with Crippen molar-refractivity contribution in [2.24, 2.45) is 0 Å². The van der Waals surface area contributed by atoms with Crippen LogP contribution in [0.25, 0.3) is 0 Å². The molecule has 2 heterocycles. The van der Waals surface area contributed by atoms with E-state index in [2.05, 4.69) is 31.1 Å². The van der Waals surface area contributed by atoms with Gasteiger partial charge in [-0.15, -0.1) is 0 Å². The predicted molar refractivity (Wildman–Crippen MR) is 92.2 cm³/mol. The number of aromatic nitrogens is 1. The summed E-state index contributed by atoms with van der Waals surface area (Å²) in [5.74, 6) is 0.550. The first-order valence-electron chi connectivity index (χ1n) is 7.46. The van der Waals surface area contributed by atoms with Crippen molar-refractivity contribution in [1.29, 1.82) is 0 Å². The van der Waals surface area contributed by atoms with E-state index in [-0.39, 0.29) is 5.91 Å². The fourth-order valence-corrected chi connectivity index (χ4v) is 2.86. The molecule has 5 heteroatoms. The molecule has 1 aliphatic heterocycles. The van der Waals surface area contributed by atoms with E-state index in [0.717, 1.165) is 28.8 Å². The second-order valence-corrected chi connectivity index (χ2v) is 6.36. The Bertz CT molecular complexity index is 634. The van der Waals surface area contributed by atoms with Crippen LogP contribution in [-0.4, -0.2) is 24.0 Å². The number of carbonyl (C=O) groups is 1. The van der Waals surface area contributed by atoms with Crippen LogP contribution in [0.1, 0.15) is 18.4 Å². The van der Waals surface area contributed by atoms with Crippen LogP contribution in [0.2, 0.25) is 0 Å². The zero-order valence-corrected chi connectivity index (χ0v) is 13.8. The van der Waals surface area contributed by atoms with E-state index in [1.807, 2.05) is 42.6 Å². The largest absolute Gasteiger partial charge is 0.370 e. The third-order valence-electron chi connectivity index (χ3n) is 3.76. The molecule has 0 radical (unpaired) electrons. The normalized spacial score (nSPS) is 14.1. The molecular formula is C17H18BrN3O. The summed E-state index contributed by atoms with van der Waals surface area (Å²) in [4.78, 5) is 18.7. The number of pyridine rings is 1. The van der Waals surface area contributed by atoms with Crippen LogP contribution in [0.4, 0.5) is 11.5 Å². The number of halogens is 1. The van der Waals surface area contributed by atoms with E-state index >= 15 is 0 Å². The Morgan fingerprint density at radius 2 is 1.86 bits per heavy atom. The fraction of sp³-hybridized carbons (Fsp3) is 0.294. The third kappa shape index (κ3) is 3.85. The lowest BCUT2D eigenvalue weighted by molar-refractivity contribution is -0.115. The topological polar surface area (TPSA) is 45.2 Å². The Balaban J connectivity index is 1.57. The molecule has 1 saturated heterocycles. The maximum atomic E-state index is 12.0. The second kappa shape index (κ2) is 6.92. The molecule has 1 amide bonds. The van der Waals surface area contributed by atoms with E-state index in [0.29, 0.717) is 12.2 Å². The standard InChI is InChI=1S/C17H18BrN3O/c18-14-5-3-13(4-6-14)11-17(22)20-16-8-7-15(12-19-16)21-9-1-2-10-21/h3-8,12H,1-2,9-11H2,(H,19,20,22). The number of hydrogen-bond acceptors (Lipinski definition) is 3. The Kier molecular flexibility index (Phi) is 4.73. The van der Waals surface area contributed by atoms with E-state index < -0.39 is 0 Å². The molecule has 114 valence electrons. The van der Waals surface area contributed by atoms with Crippen LogP contribution < -0.4 is 10.2 Å². The zero-order chi connectivity index (χ0) is 15.4. The number of amides is 1. The molecule has 0 bridgehead atoms. The van der Waals surface area contributed by atoms with Gasteiger partial charge in [0, 0.05) is 17.6 Å². The number of rotatable bonds is 4. The van der Waals surface area contributed by atoms with E-state index in [1.54, 1.807) is 0 Å². The molecule has 1 N–H and O–H groups in total. The van der Waals surface area contributed by atoms with Crippen molar-refractivity contribution in [1.82, 2.24) is 4.98 Å². The lowest BCUT2D eigenvalue weighted by atomic mass is 10.1. The summed E-state index contributed by atoms with van der Waals surface area (Å²) < 4.78 is 1.01. The van der Waals surface area contributed by atoms with Gasteiger partial charge in [0.1, 0.15) is 5.82 Å². The van der Waals surface area contributed by atoms with Gasteiger partial charge in [-0.25, -0.2) is 4.98 Å². The molecular weight excluding hydrogens is 342 g/mol. The van der Waals surface area contributed by atoms with Gasteiger partial charge in [-0.2, -0.15) is 0 Å².